The van der Waals surface area contributed by atoms with Gasteiger partial charge in [-0.3, -0.25) is 0 Å². The number of nitriles is 1. The Labute approximate surface area is 70.6 Å². The zero-order valence-corrected chi connectivity index (χ0v) is 6.42. The van der Waals surface area contributed by atoms with E-state index in [9.17, 15) is 4.79 Å². The average Bonchev–Trinajstić information content (AvgIpc) is 2.10. The summed E-state index contributed by atoms with van der Waals surface area (Å²) in [6.07, 6.45) is 2.47. The van der Waals surface area contributed by atoms with Crippen molar-refractivity contribution in [3.63, 3.8) is 0 Å². The number of esters is 1. The highest BCUT2D eigenvalue weighted by Crippen LogP contribution is 1.75. The van der Waals surface area contributed by atoms with Gasteiger partial charge in [-0.15, -0.1) is 0 Å². The molecule has 0 aliphatic carbocycles. The number of ether oxygens (including phenoxy) is 1. The minimum atomic E-state index is -0.474. The lowest BCUT2D eigenvalue weighted by atomic mass is 10.5. The van der Waals surface area contributed by atoms with E-state index in [1.165, 1.54) is 19.3 Å². The second kappa shape index (κ2) is 6.93. The van der Waals surface area contributed by atoms with Gasteiger partial charge in [0.2, 0.25) is 0 Å². The van der Waals surface area contributed by atoms with Gasteiger partial charge in [0.15, 0.2) is 6.07 Å². The number of hydrogen-bond acceptors (Lipinski definition) is 3. The molecule has 0 atom stereocenters. The van der Waals surface area contributed by atoms with Crippen LogP contribution in [0, 0.1) is 35.0 Å². The minimum Gasteiger partial charge on any atom is -0.466 e. The van der Waals surface area contributed by atoms with Crippen molar-refractivity contribution in [1.29, 1.82) is 5.26 Å². The molecule has 3 nitrogen and oxygen atoms in total. The van der Waals surface area contributed by atoms with Crippen molar-refractivity contribution in [3.05, 3.63) is 12.2 Å². The van der Waals surface area contributed by atoms with Crippen LogP contribution < -0.4 is 0 Å². The Kier molecular flexibility index (Phi) is 5.67. The van der Waals surface area contributed by atoms with Crippen LogP contribution in [0.2, 0.25) is 0 Å². The molecule has 3 heteroatoms. The molecule has 0 rings (SSSR count). The molecule has 0 aliphatic heterocycles. The van der Waals surface area contributed by atoms with Gasteiger partial charge in [0, 0.05) is 17.9 Å². The quantitative estimate of drug-likeness (QED) is 0.313. The summed E-state index contributed by atoms with van der Waals surface area (Å²) in [4.78, 5) is 10.4. The lowest BCUT2D eigenvalue weighted by molar-refractivity contribution is -0.134. The lowest BCUT2D eigenvalue weighted by Crippen LogP contribution is -1.92. The Morgan fingerprint density at radius 2 is 2.17 bits per heavy atom. The number of carbonyl (C=O) groups excluding carboxylic acids is 1. The summed E-state index contributed by atoms with van der Waals surface area (Å²) >= 11 is 0. The first-order valence-electron chi connectivity index (χ1n) is 2.95. The van der Waals surface area contributed by atoms with E-state index in [1.807, 2.05) is 0 Å². The molecule has 0 aliphatic rings. The molecule has 0 aromatic heterocycles. The smallest absolute Gasteiger partial charge is 0.331 e. The van der Waals surface area contributed by atoms with E-state index in [2.05, 4.69) is 28.4 Å². The standard InChI is InChI=1S/C9H5NO2/c1-12-9(11)7-5-3-2-4-6-8-10/h5,7H,1H3/b7-5+. The Balaban J connectivity index is 3.96. The molecular weight excluding hydrogens is 154 g/mol. The number of nitrogens with zero attached hydrogens (tertiary/aromatic N) is 1. The normalized spacial score (nSPS) is 7.00. The molecule has 0 unspecified atom stereocenters. The van der Waals surface area contributed by atoms with Crippen molar-refractivity contribution in [2.75, 3.05) is 7.11 Å². The lowest BCUT2D eigenvalue weighted by Gasteiger charge is -1.84. The molecule has 0 fully saturated rings. The van der Waals surface area contributed by atoms with E-state index in [1.54, 1.807) is 6.07 Å². The molecule has 0 N–H and O–H groups in total. The Morgan fingerprint density at radius 3 is 2.75 bits per heavy atom. The van der Waals surface area contributed by atoms with Crippen molar-refractivity contribution in [3.8, 4) is 29.8 Å². The van der Waals surface area contributed by atoms with E-state index >= 15 is 0 Å². The molecule has 0 aromatic carbocycles. The number of carbonyl (C=O) groups is 1. The molecule has 58 valence electrons. The van der Waals surface area contributed by atoms with Gasteiger partial charge < -0.3 is 4.74 Å². The number of hydrogen-bond donors (Lipinski definition) is 0. The first kappa shape index (κ1) is 9.82. The third-order valence-corrected chi connectivity index (χ3v) is 0.757. The Hall–Kier alpha value is -2.18. The largest absolute Gasteiger partial charge is 0.466 e. The summed E-state index contributed by atoms with van der Waals surface area (Å²) in [5.41, 5.74) is 0. The number of rotatable bonds is 1. The van der Waals surface area contributed by atoms with Crippen LogP contribution in [0.15, 0.2) is 12.2 Å². The molecule has 0 saturated carbocycles. The van der Waals surface area contributed by atoms with Crippen LogP contribution in [-0.2, 0) is 9.53 Å². The van der Waals surface area contributed by atoms with Crippen LogP contribution in [0.25, 0.3) is 0 Å². The molecule has 12 heavy (non-hydrogen) atoms. The van der Waals surface area contributed by atoms with E-state index in [0.717, 1.165) is 0 Å². The second-order valence-electron chi connectivity index (χ2n) is 1.49. The summed E-state index contributed by atoms with van der Waals surface area (Å²) in [6.45, 7) is 0. The maximum Gasteiger partial charge on any atom is 0.331 e. The third-order valence-electron chi connectivity index (χ3n) is 0.757. The van der Waals surface area contributed by atoms with Crippen LogP contribution in [0.3, 0.4) is 0 Å². The molecule has 0 spiro atoms. The molecule has 0 saturated heterocycles. The summed E-state index contributed by atoms with van der Waals surface area (Å²) in [5.74, 6) is 8.63. The Morgan fingerprint density at radius 1 is 1.42 bits per heavy atom. The topological polar surface area (TPSA) is 50.1 Å². The number of methoxy groups -OCH3 is 1. The third kappa shape index (κ3) is 5.95. The summed E-state index contributed by atoms with van der Waals surface area (Å²) in [6, 6.07) is 1.60. The van der Waals surface area contributed by atoms with Crippen molar-refractivity contribution in [2.45, 2.75) is 0 Å². The zero-order valence-electron chi connectivity index (χ0n) is 6.42. The summed E-state index contributed by atoms with van der Waals surface area (Å²) in [7, 11) is 1.27. The second-order valence-corrected chi connectivity index (χ2v) is 1.49. The fraction of sp³-hybridized carbons (Fsp3) is 0.111. The van der Waals surface area contributed by atoms with Gasteiger partial charge >= 0.3 is 5.97 Å². The van der Waals surface area contributed by atoms with Crippen LogP contribution >= 0.6 is 0 Å². The van der Waals surface area contributed by atoms with E-state index in [-0.39, 0.29) is 0 Å². The molecule has 0 bridgehead atoms. The van der Waals surface area contributed by atoms with Crippen molar-refractivity contribution >= 4 is 5.97 Å². The molecule has 0 heterocycles. The van der Waals surface area contributed by atoms with Crippen molar-refractivity contribution < 1.29 is 9.53 Å². The first-order chi connectivity index (χ1) is 5.81. The predicted octanol–water partition coefficient (Wildman–Crippen LogP) is 0.246. The van der Waals surface area contributed by atoms with E-state index < -0.39 is 5.97 Å². The monoisotopic (exact) mass is 159 g/mol. The highest BCUT2D eigenvalue weighted by Gasteiger charge is 1.85. The van der Waals surface area contributed by atoms with Crippen LogP contribution in [0.1, 0.15) is 0 Å². The average molecular weight is 159 g/mol. The highest BCUT2D eigenvalue weighted by molar-refractivity contribution is 5.82. The maximum atomic E-state index is 10.4. The van der Waals surface area contributed by atoms with Crippen LogP contribution in [0.4, 0.5) is 0 Å². The summed E-state index contributed by atoms with van der Waals surface area (Å²) < 4.78 is 4.30. The number of allylic oxidation sites excluding steroid dienone is 1. The summed E-state index contributed by atoms with van der Waals surface area (Å²) in [5, 5.41) is 7.97. The molecule has 0 aromatic rings. The van der Waals surface area contributed by atoms with Crippen molar-refractivity contribution in [1.82, 2.24) is 0 Å². The van der Waals surface area contributed by atoms with Gasteiger partial charge in [-0.1, -0.05) is 5.92 Å². The SMILES string of the molecule is COC(=O)/C=C/C#CC#CC#N. The molecule has 0 radical (unpaired) electrons. The van der Waals surface area contributed by atoms with Gasteiger partial charge in [0.05, 0.1) is 7.11 Å². The van der Waals surface area contributed by atoms with Gasteiger partial charge in [-0.05, 0) is 12.0 Å². The maximum absolute atomic E-state index is 10.4. The first-order valence-corrected chi connectivity index (χ1v) is 2.95. The highest BCUT2D eigenvalue weighted by atomic mass is 16.5. The van der Waals surface area contributed by atoms with Crippen molar-refractivity contribution in [2.24, 2.45) is 0 Å². The minimum absolute atomic E-state index is 0.474. The van der Waals surface area contributed by atoms with E-state index in [0.29, 0.717) is 0 Å². The van der Waals surface area contributed by atoms with Gasteiger partial charge in [0.25, 0.3) is 0 Å². The van der Waals surface area contributed by atoms with Gasteiger partial charge in [-0.2, -0.15) is 5.26 Å². The predicted molar refractivity (Wildman–Crippen MR) is 42.3 cm³/mol. The fourth-order valence-electron chi connectivity index (χ4n) is 0.315. The van der Waals surface area contributed by atoms with Gasteiger partial charge in [0.1, 0.15) is 0 Å². The Bertz CT molecular complexity index is 339. The van der Waals surface area contributed by atoms with Crippen LogP contribution in [0.5, 0.6) is 0 Å². The van der Waals surface area contributed by atoms with Gasteiger partial charge in [-0.25, -0.2) is 4.79 Å². The fourth-order valence-corrected chi connectivity index (χ4v) is 0.315. The molecule has 0 amide bonds. The van der Waals surface area contributed by atoms with E-state index in [4.69, 9.17) is 5.26 Å². The molecular formula is C9H5NO2. The van der Waals surface area contributed by atoms with Crippen LogP contribution in [-0.4, -0.2) is 13.1 Å². The zero-order chi connectivity index (χ0) is 9.23.